The first-order chi connectivity index (χ1) is 20.0. The van der Waals surface area contributed by atoms with Crippen LogP contribution in [0.3, 0.4) is 0 Å². The minimum atomic E-state index is -1.18. The van der Waals surface area contributed by atoms with Crippen molar-refractivity contribution in [3.63, 3.8) is 0 Å². The topological polar surface area (TPSA) is 92.7 Å². The van der Waals surface area contributed by atoms with Crippen LogP contribution in [-0.4, -0.2) is 35.6 Å². The normalized spacial score (nSPS) is 11.9. The van der Waals surface area contributed by atoms with Crippen molar-refractivity contribution in [1.29, 1.82) is 0 Å². The van der Waals surface area contributed by atoms with Crippen LogP contribution in [0.15, 0.2) is 0 Å². The van der Waals surface area contributed by atoms with Gasteiger partial charge in [0.25, 0.3) is 0 Å². The molecule has 1 atom stereocenters. The van der Waals surface area contributed by atoms with Crippen LogP contribution in [0, 0.1) is 0 Å². The third kappa shape index (κ3) is 29.7. The third-order valence-corrected chi connectivity index (χ3v) is 8.04. The molecule has 0 aromatic rings. The van der Waals surface area contributed by atoms with Gasteiger partial charge in [-0.2, -0.15) is 0 Å². The zero-order chi connectivity index (χ0) is 30.2. The Morgan fingerprint density at radius 2 is 0.829 bits per heavy atom. The van der Waals surface area contributed by atoms with Gasteiger partial charge in [0.1, 0.15) is 6.61 Å². The minimum Gasteiger partial charge on any atom is -0.480 e. The first-order valence-electron chi connectivity index (χ1n) is 17.7. The third-order valence-electron chi connectivity index (χ3n) is 8.04. The second-order valence-electron chi connectivity index (χ2n) is 12.1. The van der Waals surface area contributed by atoms with Gasteiger partial charge in [0.2, 0.25) is 5.91 Å². The van der Waals surface area contributed by atoms with Gasteiger partial charge in [0.15, 0.2) is 6.04 Å². The fraction of sp³-hybridized carbons (Fsp3) is 0.914. The molecule has 0 bridgehead atoms. The van der Waals surface area contributed by atoms with E-state index in [9.17, 15) is 19.5 Å². The van der Waals surface area contributed by atoms with Gasteiger partial charge >= 0.3 is 11.9 Å². The zero-order valence-electron chi connectivity index (χ0n) is 27.2. The van der Waals surface area contributed by atoms with E-state index in [0.717, 1.165) is 38.5 Å². The first-order valence-corrected chi connectivity index (χ1v) is 17.7. The molecule has 242 valence electrons. The number of nitrogens with one attached hydrogen (secondary N) is 1. The number of amides is 1. The highest BCUT2D eigenvalue weighted by Crippen LogP contribution is 2.14. The van der Waals surface area contributed by atoms with Crippen molar-refractivity contribution < 1.29 is 24.2 Å². The monoisotopic (exact) mass is 582 g/mol. The maximum absolute atomic E-state index is 12.2. The lowest BCUT2D eigenvalue weighted by Gasteiger charge is -2.15. The van der Waals surface area contributed by atoms with Gasteiger partial charge in [-0.25, -0.2) is 4.79 Å². The van der Waals surface area contributed by atoms with Crippen LogP contribution >= 0.6 is 0 Å². The van der Waals surface area contributed by atoms with Crippen molar-refractivity contribution in [2.24, 2.45) is 0 Å². The molecular weight excluding hydrogens is 514 g/mol. The van der Waals surface area contributed by atoms with E-state index < -0.39 is 12.0 Å². The second-order valence-corrected chi connectivity index (χ2v) is 12.1. The zero-order valence-corrected chi connectivity index (χ0v) is 27.2. The smallest absolute Gasteiger partial charge is 0.329 e. The highest BCUT2D eigenvalue weighted by Gasteiger charge is 2.21. The summed E-state index contributed by atoms with van der Waals surface area (Å²) in [6.07, 6.45) is 32.8. The molecule has 0 aliphatic rings. The largest absolute Gasteiger partial charge is 0.480 e. The molecule has 0 saturated heterocycles. The van der Waals surface area contributed by atoms with E-state index in [0.29, 0.717) is 12.8 Å². The molecule has 0 fully saturated rings. The number of unbranched alkanes of at least 4 members (excludes halogenated alkanes) is 24. The first kappa shape index (κ1) is 39.4. The summed E-state index contributed by atoms with van der Waals surface area (Å²) in [5, 5.41) is 11.9. The molecule has 0 spiro atoms. The van der Waals surface area contributed by atoms with Crippen LogP contribution in [0.25, 0.3) is 0 Å². The molecule has 0 aromatic heterocycles. The van der Waals surface area contributed by atoms with Gasteiger partial charge in [-0.05, 0) is 12.8 Å². The Balaban J connectivity index is 3.66. The predicted octanol–water partition coefficient (Wildman–Crippen LogP) is 10.1. The van der Waals surface area contributed by atoms with Crippen molar-refractivity contribution >= 4 is 17.8 Å². The lowest BCUT2D eigenvalue weighted by atomic mass is 10.0. The molecule has 0 saturated carbocycles. The molecule has 0 aromatic carbocycles. The molecule has 41 heavy (non-hydrogen) atoms. The lowest BCUT2D eigenvalue weighted by Crippen LogP contribution is -2.44. The molecule has 0 aliphatic carbocycles. The number of ether oxygens (including phenoxy) is 1. The number of aliphatic carboxylic acids is 1. The Morgan fingerprint density at radius 3 is 1.17 bits per heavy atom. The molecule has 2 N–H and O–H groups in total. The molecule has 6 nitrogen and oxygen atoms in total. The Bertz CT molecular complexity index is 609. The van der Waals surface area contributed by atoms with Gasteiger partial charge in [0, 0.05) is 12.8 Å². The Kier molecular flexibility index (Phi) is 30.1. The van der Waals surface area contributed by atoms with E-state index in [1.807, 2.05) is 0 Å². The van der Waals surface area contributed by atoms with Crippen LogP contribution in [0.2, 0.25) is 0 Å². The Morgan fingerprint density at radius 1 is 0.512 bits per heavy atom. The predicted molar refractivity (Wildman–Crippen MR) is 171 cm³/mol. The van der Waals surface area contributed by atoms with E-state index in [2.05, 4.69) is 19.2 Å². The minimum absolute atomic E-state index is 0.284. The number of carbonyl (C=O) groups excluding carboxylic acids is 2. The van der Waals surface area contributed by atoms with Gasteiger partial charge in [-0.3, -0.25) is 9.59 Å². The number of carboxylic acids is 1. The summed E-state index contributed by atoms with van der Waals surface area (Å²) in [5.41, 5.74) is 0. The van der Waals surface area contributed by atoms with Crippen molar-refractivity contribution in [2.45, 2.75) is 200 Å². The number of carboxylic acid groups (broad SMARTS) is 1. The highest BCUT2D eigenvalue weighted by molar-refractivity contribution is 5.83. The summed E-state index contributed by atoms with van der Waals surface area (Å²) >= 11 is 0. The van der Waals surface area contributed by atoms with Crippen LogP contribution in [0.1, 0.15) is 194 Å². The molecule has 1 amide bonds. The summed E-state index contributed by atoms with van der Waals surface area (Å²) < 4.78 is 5.16. The van der Waals surface area contributed by atoms with Crippen LogP contribution in [-0.2, 0) is 19.1 Å². The maximum Gasteiger partial charge on any atom is 0.329 e. The molecule has 0 rings (SSSR count). The Hall–Kier alpha value is -1.59. The van der Waals surface area contributed by atoms with Crippen molar-refractivity contribution in [1.82, 2.24) is 5.32 Å². The fourth-order valence-corrected chi connectivity index (χ4v) is 5.28. The summed E-state index contributed by atoms with van der Waals surface area (Å²) in [6, 6.07) is -1.18. The molecular formula is C35H67NO5. The van der Waals surface area contributed by atoms with E-state index in [1.54, 1.807) is 0 Å². The molecule has 0 heterocycles. The van der Waals surface area contributed by atoms with Crippen LogP contribution in [0.5, 0.6) is 0 Å². The standard InChI is InChI=1S/C35H67NO5/c1-3-5-7-9-11-13-15-17-19-21-23-25-27-29-33(37)36-32(35(39)40)31-41-34(38)30-28-26-24-22-20-18-16-14-12-10-8-6-4-2/h32H,3-31H2,1-2H3,(H,36,37)(H,39,40)/t32-/m0/s1. The maximum atomic E-state index is 12.2. The summed E-state index contributed by atoms with van der Waals surface area (Å²) in [5.74, 6) is -1.84. The number of rotatable bonds is 32. The average Bonchev–Trinajstić information content (AvgIpc) is 2.95. The van der Waals surface area contributed by atoms with Crippen molar-refractivity contribution in [3.05, 3.63) is 0 Å². The van der Waals surface area contributed by atoms with E-state index >= 15 is 0 Å². The van der Waals surface area contributed by atoms with Gasteiger partial charge < -0.3 is 15.2 Å². The van der Waals surface area contributed by atoms with Crippen LogP contribution in [0.4, 0.5) is 0 Å². The van der Waals surface area contributed by atoms with Gasteiger partial charge in [-0.15, -0.1) is 0 Å². The van der Waals surface area contributed by atoms with E-state index in [4.69, 9.17) is 4.74 Å². The SMILES string of the molecule is CCCCCCCCCCCCCCCC(=O)N[C@@H](COC(=O)CCCCCCCCCCCCCCC)C(=O)O. The Labute approximate surface area is 253 Å². The fourth-order valence-electron chi connectivity index (χ4n) is 5.28. The van der Waals surface area contributed by atoms with Crippen molar-refractivity contribution in [2.75, 3.05) is 6.61 Å². The number of carbonyl (C=O) groups is 3. The van der Waals surface area contributed by atoms with E-state index in [-0.39, 0.29) is 18.5 Å². The second kappa shape index (κ2) is 31.3. The number of hydrogen-bond donors (Lipinski definition) is 2. The number of esters is 1. The van der Waals surface area contributed by atoms with Crippen LogP contribution < -0.4 is 5.32 Å². The average molecular weight is 582 g/mol. The van der Waals surface area contributed by atoms with Gasteiger partial charge in [-0.1, -0.05) is 168 Å². The summed E-state index contributed by atoms with van der Waals surface area (Å²) in [4.78, 5) is 35.8. The van der Waals surface area contributed by atoms with E-state index in [1.165, 1.54) is 128 Å². The van der Waals surface area contributed by atoms with Gasteiger partial charge in [0.05, 0.1) is 0 Å². The summed E-state index contributed by atoms with van der Waals surface area (Å²) in [6.45, 7) is 4.19. The molecule has 6 heteroatoms. The van der Waals surface area contributed by atoms with Crippen molar-refractivity contribution in [3.8, 4) is 0 Å². The molecule has 0 radical (unpaired) electrons. The molecule has 0 aliphatic heterocycles. The molecule has 0 unspecified atom stereocenters. The summed E-state index contributed by atoms with van der Waals surface area (Å²) in [7, 11) is 0. The quantitative estimate of drug-likeness (QED) is 0.0609. The lowest BCUT2D eigenvalue weighted by molar-refractivity contribution is -0.150. The highest BCUT2D eigenvalue weighted by atomic mass is 16.5. The number of hydrogen-bond acceptors (Lipinski definition) is 4.